The molecule has 0 aromatic heterocycles. The van der Waals surface area contributed by atoms with Crippen molar-refractivity contribution in [3.63, 3.8) is 0 Å². The SMILES string of the molecule is CCCCCCCCN/C(C)=C(/SC#N)C(=O)O. The first-order chi connectivity index (χ1) is 8.63. The number of rotatable bonds is 10. The number of hydrogen-bond acceptors (Lipinski definition) is 4. The largest absolute Gasteiger partial charge is 0.477 e. The average molecular weight is 270 g/mol. The van der Waals surface area contributed by atoms with Gasteiger partial charge in [0, 0.05) is 12.2 Å². The van der Waals surface area contributed by atoms with Gasteiger partial charge in [0.15, 0.2) is 0 Å². The fraction of sp³-hybridized carbons (Fsp3) is 0.692. The van der Waals surface area contributed by atoms with Crippen LogP contribution in [0.2, 0.25) is 0 Å². The van der Waals surface area contributed by atoms with E-state index in [-0.39, 0.29) is 4.91 Å². The fourth-order valence-electron chi connectivity index (χ4n) is 1.59. The van der Waals surface area contributed by atoms with Crippen molar-refractivity contribution >= 4 is 17.7 Å². The van der Waals surface area contributed by atoms with Crippen LogP contribution in [0, 0.1) is 10.7 Å². The lowest BCUT2D eigenvalue weighted by atomic mass is 10.1. The van der Waals surface area contributed by atoms with Crippen molar-refractivity contribution in [3.8, 4) is 5.40 Å². The van der Waals surface area contributed by atoms with E-state index in [4.69, 9.17) is 10.4 Å². The molecule has 0 aromatic carbocycles. The van der Waals surface area contributed by atoms with Crippen LogP contribution in [0.4, 0.5) is 0 Å². The molecule has 0 bridgehead atoms. The Morgan fingerprint density at radius 1 is 1.28 bits per heavy atom. The van der Waals surface area contributed by atoms with E-state index >= 15 is 0 Å². The highest BCUT2D eigenvalue weighted by Crippen LogP contribution is 2.17. The highest BCUT2D eigenvalue weighted by molar-refractivity contribution is 8.08. The number of nitrogens with one attached hydrogen (secondary N) is 1. The third kappa shape index (κ3) is 8.02. The van der Waals surface area contributed by atoms with Crippen LogP contribution in [-0.4, -0.2) is 17.6 Å². The summed E-state index contributed by atoms with van der Waals surface area (Å²) in [6.45, 7) is 4.65. The second-order valence-electron chi connectivity index (χ2n) is 4.15. The van der Waals surface area contributed by atoms with Gasteiger partial charge in [0.05, 0.1) is 0 Å². The number of carboxylic acid groups (broad SMARTS) is 1. The zero-order chi connectivity index (χ0) is 13.8. The summed E-state index contributed by atoms with van der Waals surface area (Å²) < 4.78 is 0. The molecule has 0 heterocycles. The molecular weight excluding hydrogens is 248 g/mol. The monoisotopic (exact) mass is 270 g/mol. The van der Waals surface area contributed by atoms with E-state index in [1.54, 1.807) is 12.3 Å². The maximum Gasteiger partial charge on any atom is 0.345 e. The molecule has 0 saturated heterocycles. The smallest absolute Gasteiger partial charge is 0.345 e. The predicted molar refractivity (Wildman–Crippen MR) is 74.9 cm³/mol. The van der Waals surface area contributed by atoms with Gasteiger partial charge in [0.1, 0.15) is 10.3 Å². The van der Waals surface area contributed by atoms with Crippen LogP contribution >= 0.6 is 11.8 Å². The Hall–Kier alpha value is -1.15. The Morgan fingerprint density at radius 2 is 1.89 bits per heavy atom. The van der Waals surface area contributed by atoms with E-state index < -0.39 is 5.97 Å². The zero-order valence-electron chi connectivity index (χ0n) is 11.2. The normalized spacial score (nSPS) is 11.6. The maximum atomic E-state index is 10.9. The van der Waals surface area contributed by atoms with Gasteiger partial charge in [0.2, 0.25) is 0 Å². The summed E-state index contributed by atoms with van der Waals surface area (Å²) in [5, 5.41) is 22.3. The molecule has 0 aromatic rings. The Balaban J connectivity index is 3.86. The van der Waals surface area contributed by atoms with Gasteiger partial charge in [-0.05, 0) is 25.1 Å². The van der Waals surface area contributed by atoms with E-state index in [1.807, 2.05) is 0 Å². The first-order valence-corrected chi connectivity index (χ1v) is 7.19. The summed E-state index contributed by atoms with van der Waals surface area (Å²) in [7, 11) is 0. The van der Waals surface area contributed by atoms with Crippen LogP contribution in [-0.2, 0) is 4.79 Å². The van der Waals surface area contributed by atoms with Crippen LogP contribution in [0.3, 0.4) is 0 Å². The van der Waals surface area contributed by atoms with E-state index in [2.05, 4.69) is 12.2 Å². The average Bonchev–Trinajstić information content (AvgIpc) is 2.34. The van der Waals surface area contributed by atoms with Gasteiger partial charge < -0.3 is 10.4 Å². The van der Waals surface area contributed by atoms with Crippen molar-refractivity contribution in [1.82, 2.24) is 5.32 Å². The number of aliphatic carboxylic acids is 1. The van der Waals surface area contributed by atoms with Crippen molar-refractivity contribution in [2.75, 3.05) is 6.54 Å². The Morgan fingerprint density at radius 3 is 2.44 bits per heavy atom. The predicted octanol–water partition coefficient (Wildman–Crippen LogP) is 3.47. The van der Waals surface area contributed by atoms with Crippen molar-refractivity contribution in [1.29, 1.82) is 5.26 Å². The standard InChI is InChI=1S/C13H22N2O2S/c1-3-4-5-6-7-8-9-15-11(2)12(13(16)17)18-10-14/h15H,3-9H2,1-2H3,(H,16,17)/b12-11+. The van der Waals surface area contributed by atoms with E-state index in [1.165, 1.54) is 25.7 Å². The molecule has 0 radical (unpaired) electrons. The Labute approximate surface area is 113 Å². The number of carbonyl (C=O) groups is 1. The van der Waals surface area contributed by atoms with E-state index in [0.717, 1.165) is 19.4 Å². The lowest BCUT2D eigenvalue weighted by molar-refractivity contribution is -0.131. The number of nitrogens with zero attached hydrogens (tertiary/aromatic N) is 1. The molecule has 2 N–H and O–H groups in total. The molecular formula is C13H22N2O2S. The minimum absolute atomic E-state index is 0.0866. The molecule has 18 heavy (non-hydrogen) atoms. The van der Waals surface area contributed by atoms with E-state index in [9.17, 15) is 4.79 Å². The molecule has 0 aliphatic carbocycles. The minimum atomic E-state index is -1.05. The van der Waals surface area contributed by atoms with Crippen LogP contribution in [0.15, 0.2) is 10.6 Å². The number of nitriles is 1. The first kappa shape index (κ1) is 16.9. The molecule has 0 aliphatic heterocycles. The summed E-state index contributed by atoms with van der Waals surface area (Å²) in [6.07, 6.45) is 7.23. The quantitative estimate of drug-likeness (QED) is 0.361. The molecule has 0 unspecified atom stereocenters. The molecule has 0 spiro atoms. The second kappa shape index (κ2) is 11.0. The number of thioether (sulfide) groups is 1. The lowest BCUT2D eigenvalue weighted by Gasteiger charge is -2.08. The molecule has 0 fully saturated rings. The van der Waals surface area contributed by atoms with Crippen molar-refractivity contribution in [2.45, 2.75) is 52.4 Å². The van der Waals surface area contributed by atoms with Gasteiger partial charge in [-0.15, -0.1) is 0 Å². The van der Waals surface area contributed by atoms with Gasteiger partial charge in [-0.25, -0.2) is 4.79 Å². The van der Waals surface area contributed by atoms with Gasteiger partial charge in [-0.2, -0.15) is 5.26 Å². The topological polar surface area (TPSA) is 73.1 Å². The summed E-state index contributed by atoms with van der Waals surface area (Å²) in [5.74, 6) is -1.05. The lowest BCUT2D eigenvalue weighted by Crippen LogP contribution is -2.16. The Bertz CT molecular complexity index is 321. The van der Waals surface area contributed by atoms with Gasteiger partial charge in [-0.3, -0.25) is 0 Å². The molecule has 0 amide bonds. The molecule has 0 rings (SSSR count). The summed E-state index contributed by atoms with van der Waals surface area (Å²) >= 11 is 0.691. The van der Waals surface area contributed by atoms with Gasteiger partial charge in [0.25, 0.3) is 0 Å². The fourth-order valence-corrected chi connectivity index (χ4v) is 1.99. The van der Waals surface area contributed by atoms with Crippen molar-refractivity contribution in [2.24, 2.45) is 0 Å². The minimum Gasteiger partial charge on any atom is -0.477 e. The summed E-state index contributed by atoms with van der Waals surface area (Å²) in [5.41, 5.74) is 0.572. The summed E-state index contributed by atoms with van der Waals surface area (Å²) in [4.78, 5) is 11.0. The molecule has 102 valence electrons. The van der Waals surface area contributed by atoms with Gasteiger partial charge in [-0.1, -0.05) is 39.0 Å². The zero-order valence-corrected chi connectivity index (χ0v) is 12.0. The third-order valence-electron chi connectivity index (χ3n) is 2.60. The molecule has 0 atom stereocenters. The van der Waals surface area contributed by atoms with Crippen LogP contribution in [0.1, 0.15) is 52.4 Å². The number of allylic oxidation sites excluding steroid dienone is 1. The number of carboxylic acids is 1. The third-order valence-corrected chi connectivity index (χ3v) is 3.38. The number of hydrogen-bond donors (Lipinski definition) is 2. The number of unbranched alkanes of at least 4 members (excludes halogenated alkanes) is 5. The maximum absolute atomic E-state index is 10.9. The Kier molecular flexibility index (Phi) is 10.3. The summed E-state index contributed by atoms with van der Waals surface area (Å²) in [6, 6.07) is 0. The van der Waals surface area contributed by atoms with Crippen molar-refractivity contribution in [3.05, 3.63) is 10.6 Å². The highest BCUT2D eigenvalue weighted by Gasteiger charge is 2.11. The van der Waals surface area contributed by atoms with E-state index in [0.29, 0.717) is 17.5 Å². The molecule has 4 nitrogen and oxygen atoms in total. The van der Waals surface area contributed by atoms with Crippen LogP contribution < -0.4 is 5.32 Å². The number of thiocyanates is 1. The van der Waals surface area contributed by atoms with Gasteiger partial charge >= 0.3 is 5.97 Å². The molecule has 0 aliphatic rings. The van der Waals surface area contributed by atoms with Crippen molar-refractivity contribution < 1.29 is 9.90 Å². The highest BCUT2D eigenvalue weighted by atomic mass is 32.2. The van der Waals surface area contributed by atoms with Crippen LogP contribution in [0.5, 0.6) is 0 Å². The molecule has 5 heteroatoms. The first-order valence-electron chi connectivity index (χ1n) is 6.37. The second-order valence-corrected chi connectivity index (χ2v) is 4.94. The van der Waals surface area contributed by atoms with Crippen LogP contribution in [0.25, 0.3) is 0 Å². The molecule has 0 saturated carbocycles.